The molecule has 0 aliphatic carbocycles. The molecular formula is C52H32BNOS. The molecule has 0 saturated carbocycles. The summed E-state index contributed by atoms with van der Waals surface area (Å²) in [5.41, 5.74) is 15.3. The predicted octanol–water partition coefficient (Wildman–Crippen LogP) is 13.2. The minimum atomic E-state index is -0.304. The molecule has 10 aromatic rings. The van der Waals surface area contributed by atoms with E-state index in [9.17, 15) is 0 Å². The minimum Gasteiger partial charge on any atom is -0.551 e. The average Bonchev–Trinajstić information content (AvgIpc) is 3.65. The van der Waals surface area contributed by atoms with E-state index in [0.717, 1.165) is 28.4 Å². The largest absolute Gasteiger partial charge is 0.551 e. The Kier molecular flexibility index (Phi) is 6.93. The molecule has 0 bridgehead atoms. The second-order valence-electron chi connectivity index (χ2n) is 14.8. The Morgan fingerprint density at radius 1 is 0.429 bits per heavy atom. The molecule has 12 rings (SSSR count). The van der Waals surface area contributed by atoms with Crippen molar-refractivity contribution in [3.05, 3.63) is 194 Å². The molecular weight excluding hydrogens is 697 g/mol. The van der Waals surface area contributed by atoms with Gasteiger partial charge in [0.2, 0.25) is 0 Å². The van der Waals surface area contributed by atoms with Crippen LogP contribution in [0.3, 0.4) is 0 Å². The second kappa shape index (κ2) is 12.3. The van der Waals surface area contributed by atoms with Crippen LogP contribution >= 0.6 is 11.3 Å². The van der Waals surface area contributed by atoms with Gasteiger partial charge in [0.25, 0.3) is 0 Å². The molecule has 3 heterocycles. The summed E-state index contributed by atoms with van der Waals surface area (Å²) in [7, 11) is 0. The first-order valence-electron chi connectivity index (χ1n) is 19.2. The van der Waals surface area contributed by atoms with Crippen molar-refractivity contribution in [1.29, 1.82) is 0 Å². The molecule has 0 atom stereocenters. The van der Waals surface area contributed by atoms with E-state index in [1.165, 1.54) is 80.8 Å². The summed E-state index contributed by atoms with van der Waals surface area (Å²) in [6.07, 6.45) is 0. The summed E-state index contributed by atoms with van der Waals surface area (Å²) in [6, 6.07) is 70.7. The topological polar surface area (TPSA) is 12.5 Å². The van der Waals surface area contributed by atoms with E-state index in [-0.39, 0.29) is 6.92 Å². The molecule has 0 N–H and O–H groups in total. The van der Waals surface area contributed by atoms with Gasteiger partial charge in [-0.3, -0.25) is 0 Å². The van der Waals surface area contributed by atoms with E-state index in [2.05, 4.69) is 199 Å². The zero-order chi connectivity index (χ0) is 36.7. The van der Waals surface area contributed by atoms with Crippen molar-refractivity contribution in [2.24, 2.45) is 0 Å². The van der Waals surface area contributed by atoms with E-state index in [0.29, 0.717) is 0 Å². The molecule has 0 fully saturated rings. The molecule has 2 nitrogen and oxygen atoms in total. The molecule has 9 aromatic carbocycles. The van der Waals surface area contributed by atoms with Crippen LogP contribution in [0.15, 0.2) is 194 Å². The first-order valence-corrected chi connectivity index (χ1v) is 20.0. The number of rotatable bonds is 4. The van der Waals surface area contributed by atoms with Gasteiger partial charge in [-0.05, 0) is 98.2 Å². The number of hydrogen-bond donors (Lipinski definition) is 0. The first kappa shape index (κ1) is 31.5. The van der Waals surface area contributed by atoms with Crippen LogP contribution in [0.2, 0.25) is 0 Å². The number of hydrogen-bond acceptors (Lipinski definition) is 3. The highest BCUT2D eigenvalue weighted by atomic mass is 32.1. The Morgan fingerprint density at radius 2 is 1.05 bits per heavy atom. The zero-order valence-electron chi connectivity index (χ0n) is 30.3. The molecule has 0 radical (unpaired) electrons. The third-order valence-electron chi connectivity index (χ3n) is 11.6. The quantitative estimate of drug-likeness (QED) is 0.167. The average molecular weight is 730 g/mol. The maximum atomic E-state index is 7.35. The van der Waals surface area contributed by atoms with Gasteiger partial charge >= 0.3 is 6.92 Å². The van der Waals surface area contributed by atoms with Crippen LogP contribution in [0.4, 0.5) is 17.1 Å². The number of thiophene rings is 1. The second-order valence-corrected chi connectivity index (χ2v) is 15.9. The summed E-state index contributed by atoms with van der Waals surface area (Å²) in [5.74, 6) is 0.917. The fourth-order valence-electron chi connectivity index (χ4n) is 9.14. The van der Waals surface area contributed by atoms with Crippen LogP contribution in [-0.4, -0.2) is 6.92 Å². The number of nitrogens with zero attached hydrogens (tertiary/aromatic N) is 1. The normalized spacial score (nSPS) is 12.7. The van der Waals surface area contributed by atoms with E-state index in [1.54, 1.807) is 0 Å². The molecule has 0 saturated heterocycles. The van der Waals surface area contributed by atoms with E-state index in [4.69, 9.17) is 4.65 Å². The van der Waals surface area contributed by atoms with Crippen molar-refractivity contribution in [3.8, 4) is 50.3 Å². The lowest BCUT2D eigenvalue weighted by Gasteiger charge is -2.40. The fraction of sp³-hybridized carbons (Fsp3) is 0. The molecule has 2 aliphatic rings. The van der Waals surface area contributed by atoms with Gasteiger partial charge < -0.3 is 9.55 Å². The first-order chi connectivity index (χ1) is 27.8. The molecule has 260 valence electrons. The lowest BCUT2D eigenvalue weighted by Crippen LogP contribution is -2.56. The maximum Gasteiger partial charge on any atom is 0.432 e. The van der Waals surface area contributed by atoms with Gasteiger partial charge in [0, 0.05) is 53.7 Å². The Balaban J connectivity index is 1.22. The summed E-state index contributed by atoms with van der Waals surface area (Å²) in [6.45, 7) is -0.304. The lowest BCUT2D eigenvalue weighted by atomic mass is 9.48. The van der Waals surface area contributed by atoms with Gasteiger partial charge in [0.05, 0.1) is 0 Å². The molecule has 1 aromatic heterocycles. The van der Waals surface area contributed by atoms with Gasteiger partial charge in [-0.2, -0.15) is 0 Å². The number of benzene rings is 9. The van der Waals surface area contributed by atoms with E-state index >= 15 is 0 Å². The van der Waals surface area contributed by atoms with Crippen molar-refractivity contribution in [1.82, 2.24) is 0 Å². The fourth-order valence-corrected chi connectivity index (χ4v) is 10.3. The summed E-state index contributed by atoms with van der Waals surface area (Å²) >= 11 is 1.88. The molecule has 2 aliphatic heterocycles. The van der Waals surface area contributed by atoms with Gasteiger partial charge in [-0.15, -0.1) is 11.3 Å². The Bertz CT molecular complexity index is 3120. The highest BCUT2D eigenvalue weighted by molar-refractivity contribution is 7.26. The highest BCUT2D eigenvalue weighted by Crippen LogP contribution is 2.51. The Labute approximate surface area is 329 Å². The molecule has 0 unspecified atom stereocenters. The van der Waals surface area contributed by atoms with Crippen LogP contribution in [-0.2, 0) is 0 Å². The van der Waals surface area contributed by atoms with Crippen molar-refractivity contribution in [2.45, 2.75) is 0 Å². The SMILES string of the molecule is c1ccc(-c2cc(-c3ccccc3)cc(N3c4cc5sc6ccccc6c5c5c4B(Oc4ccc(-c6ccccc6)cc4-5)c4c3ccc3ccccc43)c2)cc1. The molecule has 56 heavy (non-hydrogen) atoms. The summed E-state index contributed by atoms with van der Waals surface area (Å²) < 4.78 is 9.91. The minimum absolute atomic E-state index is 0.304. The standard InChI is InChI=1S/C52H32BNOS/c1-4-14-33(15-5-1)37-25-27-46-43(31-37)50-49-42-22-12-13-23-47(42)56-48(49)32-45-52(50)53(55-46)51-41-21-11-10-20-36(41)24-26-44(51)54(45)40-29-38(34-16-6-2-7-17-34)28-39(30-40)35-18-8-3-9-19-35/h1-32H. The summed E-state index contributed by atoms with van der Waals surface area (Å²) in [5, 5.41) is 5.00. The van der Waals surface area contributed by atoms with Crippen LogP contribution in [0.25, 0.3) is 75.5 Å². The predicted molar refractivity (Wildman–Crippen MR) is 239 cm³/mol. The van der Waals surface area contributed by atoms with Gasteiger partial charge in [0.15, 0.2) is 0 Å². The van der Waals surface area contributed by atoms with Gasteiger partial charge in [-0.25, -0.2) is 0 Å². The third kappa shape index (κ3) is 4.76. The van der Waals surface area contributed by atoms with E-state index < -0.39 is 0 Å². The molecule has 0 spiro atoms. The monoisotopic (exact) mass is 729 g/mol. The maximum absolute atomic E-state index is 7.35. The molecule has 0 amide bonds. The number of fused-ring (bicyclic) bond motifs is 10. The Morgan fingerprint density at radius 3 is 1.77 bits per heavy atom. The summed E-state index contributed by atoms with van der Waals surface area (Å²) in [4.78, 5) is 2.52. The van der Waals surface area contributed by atoms with E-state index in [1.807, 2.05) is 11.3 Å². The van der Waals surface area contributed by atoms with Crippen molar-refractivity contribution < 1.29 is 4.65 Å². The molecule has 4 heteroatoms. The van der Waals surface area contributed by atoms with Gasteiger partial charge in [0.1, 0.15) is 5.75 Å². The van der Waals surface area contributed by atoms with Crippen LogP contribution in [0.5, 0.6) is 5.75 Å². The van der Waals surface area contributed by atoms with Crippen LogP contribution in [0, 0.1) is 0 Å². The van der Waals surface area contributed by atoms with Gasteiger partial charge in [-0.1, -0.05) is 146 Å². The number of anilines is 3. The van der Waals surface area contributed by atoms with Crippen LogP contribution in [0.1, 0.15) is 0 Å². The van der Waals surface area contributed by atoms with Crippen molar-refractivity contribution in [3.63, 3.8) is 0 Å². The van der Waals surface area contributed by atoms with Crippen molar-refractivity contribution >= 4 is 77.2 Å². The van der Waals surface area contributed by atoms with Crippen LogP contribution < -0.4 is 20.5 Å². The third-order valence-corrected chi connectivity index (χ3v) is 12.7. The Hall–Kier alpha value is -6.88. The smallest absolute Gasteiger partial charge is 0.432 e. The van der Waals surface area contributed by atoms with Crippen molar-refractivity contribution in [2.75, 3.05) is 4.90 Å². The lowest BCUT2D eigenvalue weighted by molar-refractivity contribution is 0.590. The zero-order valence-corrected chi connectivity index (χ0v) is 31.1. The highest BCUT2D eigenvalue weighted by Gasteiger charge is 2.45.